The van der Waals surface area contributed by atoms with E-state index in [2.05, 4.69) is 15.5 Å². The second-order valence-electron chi connectivity index (χ2n) is 7.30. The summed E-state index contributed by atoms with van der Waals surface area (Å²) in [5, 5.41) is 33.8. The number of non-ortho nitro benzene ring substituents is 2. The number of hydrogen-bond donors (Lipinski definition) is 1. The van der Waals surface area contributed by atoms with E-state index in [1.54, 1.807) is 0 Å². The fourth-order valence-electron chi connectivity index (χ4n) is 3.48. The Balaban J connectivity index is 1.40. The molecule has 12 heteroatoms. The van der Waals surface area contributed by atoms with Gasteiger partial charge in [-0.25, -0.2) is 0 Å². The highest BCUT2D eigenvalue weighted by Crippen LogP contribution is 2.24. The van der Waals surface area contributed by atoms with Gasteiger partial charge in [-0.3, -0.25) is 25.0 Å². The SMILES string of the molecule is O=C(c1cc([N+](=O)[O-])cc([N+](=O)[O-])c1)N1CCN(c2ccc(Nc3ccccc3)nn2)CC1. The van der Waals surface area contributed by atoms with Crippen molar-refractivity contribution in [2.24, 2.45) is 0 Å². The van der Waals surface area contributed by atoms with Crippen LogP contribution in [0.15, 0.2) is 60.7 Å². The molecule has 2 heterocycles. The summed E-state index contributed by atoms with van der Waals surface area (Å²) in [5.41, 5.74) is -0.176. The van der Waals surface area contributed by atoms with Crippen LogP contribution in [0.1, 0.15) is 10.4 Å². The van der Waals surface area contributed by atoms with Gasteiger partial charge >= 0.3 is 0 Å². The van der Waals surface area contributed by atoms with Crippen LogP contribution in [0.4, 0.5) is 28.7 Å². The molecule has 1 saturated heterocycles. The fraction of sp³-hybridized carbons (Fsp3) is 0.190. The predicted molar refractivity (Wildman–Crippen MR) is 120 cm³/mol. The molecule has 2 aromatic carbocycles. The van der Waals surface area contributed by atoms with E-state index in [4.69, 9.17) is 0 Å². The van der Waals surface area contributed by atoms with Crippen molar-refractivity contribution < 1.29 is 14.6 Å². The number of nitro groups is 2. The fourth-order valence-corrected chi connectivity index (χ4v) is 3.48. The standard InChI is InChI=1S/C21H19N7O5/c29-21(15-12-17(27(30)31)14-18(13-15)28(32)33)26-10-8-25(9-11-26)20-7-6-19(23-24-20)22-16-4-2-1-3-5-16/h1-7,12-14H,8-11H2,(H,22,23). The highest BCUT2D eigenvalue weighted by atomic mass is 16.6. The van der Waals surface area contributed by atoms with Gasteiger partial charge in [0.05, 0.1) is 21.5 Å². The molecule has 1 amide bonds. The first-order valence-corrected chi connectivity index (χ1v) is 10.0. The average molecular weight is 449 g/mol. The summed E-state index contributed by atoms with van der Waals surface area (Å²) >= 11 is 0. The summed E-state index contributed by atoms with van der Waals surface area (Å²) in [4.78, 5) is 37.0. The summed E-state index contributed by atoms with van der Waals surface area (Å²) in [6.45, 7) is 1.62. The number of nitrogens with zero attached hydrogens (tertiary/aromatic N) is 6. The molecule has 12 nitrogen and oxygen atoms in total. The van der Waals surface area contributed by atoms with Crippen LogP contribution in [-0.2, 0) is 0 Å². The van der Waals surface area contributed by atoms with Gasteiger partial charge in [-0.15, -0.1) is 10.2 Å². The number of anilines is 3. The lowest BCUT2D eigenvalue weighted by atomic mass is 10.1. The van der Waals surface area contributed by atoms with E-state index in [1.807, 2.05) is 47.4 Å². The highest BCUT2D eigenvalue weighted by Gasteiger charge is 2.26. The molecular formula is C21H19N7O5. The van der Waals surface area contributed by atoms with Crippen LogP contribution < -0.4 is 10.2 Å². The van der Waals surface area contributed by atoms with Gasteiger partial charge in [-0.05, 0) is 24.3 Å². The summed E-state index contributed by atoms with van der Waals surface area (Å²) in [6.07, 6.45) is 0. The van der Waals surface area contributed by atoms with Gasteiger partial charge in [0.2, 0.25) is 0 Å². The molecule has 0 saturated carbocycles. The molecule has 1 fully saturated rings. The van der Waals surface area contributed by atoms with Gasteiger partial charge < -0.3 is 15.1 Å². The number of aromatic nitrogens is 2. The lowest BCUT2D eigenvalue weighted by Gasteiger charge is -2.35. The molecule has 168 valence electrons. The van der Waals surface area contributed by atoms with Crippen molar-refractivity contribution in [1.82, 2.24) is 15.1 Å². The van der Waals surface area contributed by atoms with Crippen LogP contribution in [0, 0.1) is 20.2 Å². The van der Waals surface area contributed by atoms with Crippen LogP contribution in [0.2, 0.25) is 0 Å². The summed E-state index contributed by atoms with van der Waals surface area (Å²) in [6, 6.07) is 16.2. The van der Waals surface area contributed by atoms with Crippen molar-refractivity contribution >= 4 is 34.6 Å². The zero-order valence-corrected chi connectivity index (χ0v) is 17.3. The maximum absolute atomic E-state index is 12.8. The van der Waals surface area contributed by atoms with Crippen LogP contribution in [-0.4, -0.2) is 57.0 Å². The number of hydrogen-bond acceptors (Lipinski definition) is 9. The van der Waals surface area contributed by atoms with Crippen molar-refractivity contribution in [1.29, 1.82) is 0 Å². The number of amides is 1. The van der Waals surface area contributed by atoms with Crippen molar-refractivity contribution in [2.45, 2.75) is 0 Å². The molecule has 1 N–H and O–H groups in total. The average Bonchev–Trinajstić information content (AvgIpc) is 2.84. The number of piperazine rings is 1. The van der Waals surface area contributed by atoms with E-state index in [0.717, 1.165) is 23.9 Å². The van der Waals surface area contributed by atoms with Crippen molar-refractivity contribution in [3.8, 4) is 0 Å². The molecule has 1 aromatic heterocycles. The van der Waals surface area contributed by atoms with E-state index in [9.17, 15) is 25.0 Å². The molecule has 4 rings (SSSR count). The van der Waals surface area contributed by atoms with Gasteiger partial charge in [0.25, 0.3) is 17.3 Å². The Hall–Kier alpha value is -4.61. The number of benzene rings is 2. The van der Waals surface area contributed by atoms with Crippen molar-refractivity contribution in [3.63, 3.8) is 0 Å². The Morgan fingerprint density at radius 1 is 0.848 bits per heavy atom. The first-order chi connectivity index (χ1) is 15.9. The Morgan fingerprint density at radius 3 is 2.03 bits per heavy atom. The molecule has 0 unspecified atom stereocenters. The summed E-state index contributed by atoms with van der Waals surface area (Å²) < 4.78 is 0. The smallest absolute Gasteiger partial charge is 0.277 e. The molecule has 0 spiro atoms. The van der Waals surface area contributed by atoms with Crippen molar-refractivity contribution in [2.75, 3.05) is 36.4 Å². The zero-order valence-electron chi connectivity index (χ0n) is 17.3. The van der Waals surface area contributed by atoms with E-state index in [0.29, 0.717) is 37.8 Å². The van der Waals surface area contributed by atoms with E-state index in [-0.39, 0.29) is 5.56 Å². The Labute approximate surface area is 187 Å². The number of para-hydroxylation sites is 1. The Bertz CT molecular complexity index is 1150. The van der Waals surface area contributed by atoms with E-state index < -0.39 is 27.1 Å². The molecule has 1 aliphatic heterocycles. The maximum atomic E-state index is 12.8. The predicted octanol–water partition coefficient (Wildman–Crippen LogP) is 3.00. The Morgan fingerprint density at radius 2 is 1.48 bits per heavy atom. The molecule has 1 aliphatic rings. The number of rotatable bonds is 6. The molecular weight excluding hydrogens is 430 g/mol. The quantitative estimate of drug-likeness (QED) is 0.443. The number of carbonyl (C=O) groups is 1. The molecule has 0 bridgehead atoms. The first-order valence-electron chi connectivity index (χ1n) is 10.0. The summed E-state index contributed by atoms with van der Waals surface area (Å²) in [7, 11) is 0. The van der Waals surface area contributed by atoms with Crippen LogP contribution in [0.3, 0.4) is 0 Å². The van der Waals surface area contributed by atoms with E-state index >= 15 is 0 Å². The lowest BCUT2D eigenvalue weighted by molar-refractivity contribution is -0.394. The topological polar surface area (TPSA) is 148 Å². The van der Waals surface area contributed by atoms with Crippen molar-refractivity contribution in [3.05, 3.63) is 86.5 Å². The van der Waals surface area contributed by atoms with E-state index in [1.165, 1.54) is 4.90 Å². The normalized spacial score (nSPS) is 13.5. The minimum absolute atomic E-state index is 0.0829. The van der Waals surface area contributed by atoms with Crippen LogP contribution in [0.25, 0.3) is 0 Å². The Kier molecular flexibility index (Phi) is 6.06. The number of nitrogens with one attached hydrogen (secondary N) is 1. The number of nitro benzene ring substituents is 2. The van der Waals surface area contributed by atoms with Crippen LogP contribution >= 0.6 is 0 Å². The van der Waals surface area contributed by atoms with Gasteiger partial charge in [0, 0.05) is 44.0 Å². The number of carbonyl (C=O) groups excluding carboxylic acids is 1. The molecule has 0 radical (unpaired) electrons. The molecule has 0 atom stereocenters. The second kappa shape index (κ2) is 9.26. The van der Waals surface area contributed by atoms with Crippen LogP contribution in [0.5, 0.6) is 0 Å². The van der Waals surface area contributed by atoms with Gasteiger partial charge in [-0.1, -0.05) is 18.2 Å². The maximum Gasteiger partial charge on any atom is 0.277 e. The first kappa shape index (κ1) is 21.6. The molecule has 3 aromatic rings. The van der Waals surface area contributed by atoms with Gasteiger partial charge in [0.15, 0.2) is 11.6 Å². The second-order valence-corrected chi connectivity index (χ2v) is 7.30. The zero-order chi connectivity index (χ0) is 23.4. The third-order valence-corrected chi connectivity index (χ3v) is 5.16. The monoisotopic (exact) mass is 449 g/mol. The lowest BCUT2D eigenvalue weighted by Crippen LogP contribution is -2.49. The molecule has 0 aliphatic carbocycles. The molecule has 33 heavy (non-hydrogen) atoms. The highest BCUT2D eigenvalue weighted by molar-refractivity contribution is 5.95. The largest absolute Gasteiger partial charge is 0.352 e. The third-order valence-electron chi connectivity index (χ3n) is 5.16. The summed E-state index contributed by atoms with van der Waals surface area (Å²) in [5.74, 6) is 0.771. The minimum Gasteiger partial charge on any atom is -0.352 e. The minimum atomic E-state index is -0.753. The van der Waals surface area contributed by atoms with Gasteiger partial charge in [-0.2, -0.15) is 0 Å². The van der Waals surface area contributed by atoms with Gasteiger partial charge in [0.1, 0.15) is 0 Å². The third kappa shape index (κ3) is 5.01.